The van der Waals surface area contributed by atoms with Crippen molar-refractivity contribution < 1.29 is 9.90 Å². The van der Waals surface area contributed by atoms with Crippen LogP contribution >= 0.6 is 0 Å². The Morgan fingerprint density at radius 2 is 2.04 bits per heavy atom. The topological polar surface area (TPSA) is 78.4 Å². The first-order chi connectivity index (χ1) is 11.1. The molecule has 0 radical (unpaired) electrons. The maximum atomic E-state index is 12.3. The molecule has 23 heavy (non-hydrogen) atoms. The molecule has 1 saturated carbocycles. The van der Waals surface area contributed by atoms with Crippen LogP contribution < -0.4 is 10.2 Å². The van der Waals surface area contributed by atoms with Crippen LogP contribution in [-0.4, -0.2) is 45.7 Å². The van der Waals surface area contributed by atoms with E-state index in [2.05, 4.69) is 27.1 Å². The molecule has 2 heterocycles. The fourth-order valence-corrected chi connectivity index (χ4v) is 3.51. The van der Waals surface area contributed by atoms with E-state index >= 15 is 0 Å². The average Bonchev–Trinajstić information content (AvgIpc) is 3.04. The van der Waals surface area contributed by atoms with Crippen molar-refractivity contribution in [3.05, 3.63) is 18.1 Å². The molecule has 126 valence electrons. The number of rotatable bonds is 4. The van der Waals surface area contributed by atoms with Crippen LogP contribution in [0.3, 0.4) is 0 Å². The van der Waals surface area contributed by atoms with Gasteiger partial charge in [0.1, 0.15) is 17.7 Å². The Balaban J connectivity index is 1.53. The lowest BCUT2D eigenvalue weighted by molar-refractivity contribution is -0.140. The van der Waals surface area contributed by atoms with Gasteiger partial charge in [-0.1, -0.05) is 6.92 Å². The van der Waals surface area contributed by atoms with E-state index in [1.54, 1.807) is 6.33 Å². The number of carbonyl (C=O) groups excluding carboxylic acids is 1. The molecular weight excluding hydrogens is 292 g/mol. The Morgan fingerprint density at radius 1 is 1.35 bits per heavy atom. The second-order valence-electron chi connectivity index (χ2n) is 6.69. The molecular formula is C17H26N4O2. The zero-order chi connectivity index (χ0) is 16.3. The van der Waals surface area contributed by atoms with Gasteiger partial charge >= 0.3 is 0 Å². The predicted octanol–water partition coefficient (Wildman–Crippen LogP) is 1.43. The molecule has 0 spiro atoms. The van der Waals surface area contributed by atoms with E-state index in [-0.39, 0.29) is 11.9 Å². The summed E-state index contributed by atoms with van der Waals surface area (Å²) in [6.07, 6.45) is 7.36. The molecule has 2 aliphatic rings. The van der Waals surface area contributed by atoms with Gasteiger partial charge in [0, 0.05) is 30.9 Å². The Kier molecular flexibility index (Phi) is 4.80. The molecule has 1 aromatic heterocycles. The van der Waals surface area contributed by atoms with E-state index in [1.807, 2.05) is 6.07 Å². The van der Waals surface area contributed by atoms with Crippen LogP contribution in [0, 0.1) is 0 Å². The number of carbonyl (C=O) groups is 1. The third-order valence-corrected chi connectivity index (χ3v) is 5.08. The largest absolute Gasteiger partial charge is 0.380 e. The van der Waals surface area contributed by atoms with Crippen LogP contribution in [0.25, 0.3) is 0 Å². The van der Waals surface area contributed by atoms with Crippen LogP contribution in [0.5, 0.6) is 0 Å². The average molecular weight is 318 g/mol. The number of hydrogen-bond acceptors (Lipinski definition) is 5. The fourth-order valence-electron chi connectivity index (χ4n) is 3.51. The molecule has 3 rings (SSSR count). The van der Waals surface area contributed by atoms with Gasteiger partial charge in [-0.15, -0.1) is 0 Å². The summed E-state index contributed by atoms with van der Waals surface area (Å²) >= 11 is 0. The van der Waals surface area contributed by atoms with Crippen LogP contribution in [0.15, 0.2) is 12.4 Å². The van der Waals surface area contributed by atoms with Gasteiger partial charge in [-0.05, 0) is 44.9 Å². The van der Waals surface area contributed by atoms with Gasteiger partial charge in [0.05, 0.1) is 0 Å². The molecule has 2 fully saturated rings. The quantitative estimate of drug-likeness (QED) is 0.878. The number of amides is 1. The molecule has 1 aromatic rings. The van der Waals surface area contributed by atoms with Crippen molar-refractivity contribution in [2.45, 2.75) is 63.5 Å². The Bertz CT molecular complexity index is 549. The number of piperidine rings is 1. The second-order valence-corrected chi connectivity index (χ2v) is 6.69. The minimum absolute atomic E-state index is 0.149. The van der Waals surface area contributed by atoms with Crippen LogP contribution in [0.2, 0.25) is 0 Å². The zero-order valence-corrected chi connectivity index (χ0v) is 13.8. The first kappa shape index (κ1) is 16.2. The summed E-state index contributed by atoms with van der Waals surface area (Å²) in [6.45, 7) is 3.81. The highest BCUT2D eigenvalue weighted by Crippen LogP contribution is 2.30. The molecule has 1 aliphatic heterocycles. The summed E-state index contributed by atoms with van der Waals surface area (Å²) < 4.78 is 0. The van der Waals surface area contributed by atoms with Gasteiger partial charge in [0.2, 0.25) is 0 Å². The zero-order valence-electron chi connectivity index (χ0n) is 13.8. The van der Waals surface area contributed by atoms with E-state index in [9.17, 15) is 9.90 Å². The summed E-state index contributed by atoms with van der Waals surface area (Å²) in [6, 6.07) is 2.19. The van der Waals surface area contributed by atoms with E-state index in [0.29, 0.717) is 12.8 Å². The number of nitrogens with one attached hydrogen (secondary N) is 1. The van der Waals surface area contributed by atoms with Gasteiger partial charge in [-0.3, -0.25) is 4.79 Å². The molecule has 6 heteroatoms. The van der Waals surface area contributed by atoms with Crippen molar-refractivity contribution in [2.75, 3.05) is 18.0 Å². The molecule has 0 atom stereocenters. The number of anilines is 1. The first-order valence-corrected chi connectivity index (χ1v) is 8.70. The van der Waals surface area contributed by atoms with Crippen molar-refractivity contribution in [3.8, 4) is 0 Å². The lowest BCUT2D eigenvalue weighted by atomic mass is 9.98. The summed E-state index contributed by atoms with van der Waals surface area (Å²) in [5.74, 6) is 0.791. The fraction of sp³-hybridized carbons (Fsp3) is 0.706. The summed E-state index contributed by atoms with van der Waals surface area (Å²) in [5, 5.41) is 13.4. The number of nitrogens with zero attached hydrogens (tertiary/aromatic N) is 3. The molecule has 2 N–H and O–H groups in total. The number of hydrogen-bond donors (Lipinski definition) is 2. The summed E-state index contributed by atoms with van der Waals surface area (Å²) in [7, 11) is 0. The van der Waals surface area contributed by atoms with Crippen molar-refractivity contribution >= 4 is 11.7 Å². The summed E-state index contributed by atoms with van der Waals surface area (Å²) in [5.41, 5.74) is -0.0753. The van der Waals surface area contributed by atoms with Crippen molar-refractivity contribution in [2.24, 2.45) is 0 Å². The molecule has 1 aliphatic carbocycles. The smallest absolute Gasteiger partial charge is 0.252 e. The highest BCUT2D eigenvalue weighted by Gasteiger charge is 2.39. The van der Waals surface area contributed by atoms with E-state index in [1.165, 1.54) is 0 Å². The Hall–Kier alpha value is -1.69. The summed E-state index contributed by atoms with van der Waals surface area (Å²) in [4.78, 5) is 23.1. The van der Waals surface area contributed by atoms with Crippen LogP contribution in [0.4, 0.5) is 5.82 Å². The van der Waals surface area contributed by atoms with E-state index < -0.39 is 5.60 Å². The molecule has 6 nitrogen and oxygen atoms in total. The predicted molar refractivity (Wildman–Crippen MR) is 88.2 cm³/mol. The maximum Gasteiger partial charge on any atom is 0.252 e. The van der Waals surface area contributed by atoms with Crippen molar-refractivity contribution in [3.63, 3.8) is 0 Å². The van der Waals surface area contributed by atoms with E-state index in [0.717, 1.165) is 56.7 Å². The van der Waals surface area contributed by atoms with E-state index in [4.69, 9.17) is 0 Å². The second kappa shape index (κ2) is 6.83. The SMILES string of the molecule is CCc1cc(N2CCC(NC(=O)C3(O)CCCC3)CC2)ncn1. The lowest BCUT2D eigenvalue weighted by Gasteiger charge is -2.34. The van der Waals surface area contributed by atoms with Gasteiger partial charge in [-0.2, -0.15) is 0 Å². The Morgan fingerprint density at radius 3 is 2.70 bits per heavy atom. The van der Waals surface area contributed by atoms with Crippen molar-refractivity contribution in [1.82, 2.24) is 15.3 Å². The van der Waals surface area contributed by atoms with Gasteiger partial charge in [0.15, 0.2) is 0 Å². The normalized spacial score (nSPS) is 21.4. The number of aryl methyl sites for hydroxylation is 1. The molecule has 1 amide bonds. The van der Waals surface area contributed by atoms with Crippen LogP contribution in [-0.2, 0) is 11.2 Å². The number of aliphatic hydroxyl groups is 1. The maximum absolute atomic E-state index is 12.3. The van der Waals surface area contributed by atoms with Gasteiger partial charge in [-0.25, -0.2) is 9.97 Å². The minimum atomic E-state index is -1.13. The lowest BCUT2D eigenvalue weighted by Crippen LogP contribution is -2.52. The first-order valence-electron chi connectivity index (χ1n) is 8.70. The third-order valence-electron chi connectivity index (χ3n) is 5.08. The molecule has 1 saturated heterocycles. The Labute approximate surface area is 137 Å². The highest BCUT2D eigenvalue weighted by molar-refractivity contribution is 5.85. The van der Waals surface area contributed by atoms with Crippen molar-refractivity contribution in [1.29, 1.82) is 0 Å². The third kappa shape index (κ3) is 3.63. The highest BCUT2D eigenvalue weighted by atomic mass is 16.3. The minimum Gasteiger partial charge on any atom is -0.380 e. The molecule has 0 aromatic carbocycles. The molecule has 0 bridgehead atoms. The monoisotopic (exact) mass is 318 g/mol. The van der Waals surface area contributed by atoms with Gasteiger partial charge in [0.25, 0.3) is 5.91 Å². The van der Waals surface area contributed by atoms with Gasteiger partial charge < -0.3 is 15.3 Å². The number of aromatic nitrogens is 2. The molecule has 0 unspecified atom stereocenters. The van der Waals surface area contributed by atoms with Crippen LogP contribution in [0.1, 0.15) is 51.1 Å². The standard InChI is InChI=1S/C17H26N4O2/c1-2-13-11-15(19-12-18-13)21-9-5-14(6-10-21)20-16(22)17(23)7-3-4-8-17/h11-12,14,23H,2-10H2,1H3,(H,20,22).